The Morgan fingerprint density at radius 1 is 1.32 bits per heavy atom. The maximum atomic E-state index is 11.7. The molecular formula is C13H13N3O3. The van der Waals surface area contributed by atoms with E-state index in [1.165, 1.54) is 13.4 Å². The van der Waals surface area contributed by atoms with Crippen LogP contribution in [-0.4, -0.2) is 29.0 Å². The molecule has 0 atom stereocenters. The van der Waals surface area contributed by atoms with Crippen molar-refractivity contribution in [2.75, 3.05) is 12.4 Å². The molecule has 0 radical (unpaired) electrons. The lowest BCUT2D eigenvalue weighted by Gasteiger charge is -2.05. The van der Waals surface area contributed by atoms with Crippen LogP contribution in [0.1, 0.15) is 16.1 Å². The molecule has 19 heavy (non-hydrogen) atoms. The molecule has 0 aliphatic rings. The number of esters is 1. The van der Waals surface area contributed by atoms with E-state index in [-0.39, 0.29) is 12.3 Å². The van der Waals surface area contributed by atoms with Gasteiger partial charge in [0.15, 0.2) is 0 Å². The second kappa shape index (κ2) is 5.81. The first-order valence-corrected chi connectivity index (χ1v) is 5.64. The van der Waals surface area contributed by atoms with Crippen molar-refractivity contribution in [1.29, 1.82) is 0 Å². The SMILES string of the molecule is COC(=O)c1ccc(NC(=O)Cc2cnc[nH]2)cc1. The summed E-state index contributed by atoms with van der Waals surface area (Å²) in [4.78, 5) is 29.6. The topological polar surface area (TPSA) is 84.1 Å². The van der Waals surface area contributed by atoms with Crippen LogP contribution in [0.25, 0.3) is 0 Å². The monoisotopic (exact) mass is 259 g/mol. The van der Waals surface area contributed by atoms with E-state index in [1.807, 2.05) is 0 Å². The standard InChI is InChI=1S/C13H13N3O3/c1-19-13(18)9-2-4-10(5-3-9)16-12(17)6-11-7-14-8-15-11/h2-5,7-8H,6H2,1H3,(H,14,15)(H,16,17). The van der Waals surface area contributed by atoms with Gasteiger partial charge in [0.25, 0.3) is 0 Å². The Bertz CT molecular complexity index is 561. The van der Waals surface area contributed by atoms with Gasteiger partial charge in [-0.25, -0.2) is 9.78 Å². The molecule has 0 bridgehead atoms. The van der Waals surface area contributed by atoms with Crippen molar-refractivity contribution < 1.29 is 14.3 Å². The number of hydrogen-bond donors (Lipinski definition) is 2. The summed E-state index contributed by atoms with van der Waals surface area (Å²) in [6, 6.07) is 6.49. The predicted octanol–water partition coefficient (Wildman–Crippen LogP) is 1.38. The van der Waals surface area contributed by atoms with Gasteiger partial charge in [-0.2, -0.15) is 0 Å². The number of aromatic nitrogens is 2. The third-order valence-electron chi connectivity index (χ3n) is 2.50. The summed E-state index contributed by atoms with van der Waals surface area (Å²) >= 11 is 0. The lowest BCUT2D eigenvalue weighted by atomic mass is 10.2. The van der Waals surface area contributed by atoms with Crippen LogP contribution in [0.3, 0.4) is 0 Å². The molecule has 1 amide bonds. The molecule has 2 aromatic rings. The zero-order valence-corrected chi connectivity index (χ0v) is 10.3. The Balaban J connectivity index is 1.96. The molecule has 2 rings (SSSR count). The minimum absolute atomic E-state index is 0.157. The summed E-state index contributed by atoms with van der Waals surface area (Å²) in [6.45, 7) is 0. The Hall–Kier alpha value is -2.63. The molecule has 0 unspecified atom stereocenters. The van der Waals surface area contributed by atoms with Gasteiger partial charge in [0.2, 0.25) is 5.91 Å². The fraction of sp³-hybridized carbons (Fsp3) is 0.154. The van der Waals surface area contributed by atoms with Gasteiger partial charge in [-0.3, -0.25) is 4.79 Å². The Kier molecular flexibility index (Phi) is 3.92. The summed E-state index contributed by atoms with van der Waals surface area (Å²) in [5, 5.41) is 2.73. The number of nitrogens with zero attached hydrogens (tertiary/aromatic N) is 1. The fourth-order valence-electron chi connectivity index (χ4n) is 1.57. The number of amides is 1. The smallest absolute Gasteiger partial charge is 0.337 e. The average molecular weight is 259 g/mol. The van der Waals surface area contributed by atoms with Crippen LogP contribution >= 0.6 is 0 Å². The number of carbonyl (C=O) groups excluding carboxylic acids is 2. The van der Waals surface area contributed by atoms with Gasteiger partial charge in [-0.1, -0.05) is 0 Å². The zero-order chi connectivity index (χ0) is 13.7. The summed E-state index contributed by atoms with van der Waals surface area (Å²) in [5.41, 5.74) is 1.80. The molecule has 6 heteroatoms. The Morgan fingerprint density at radius 3 is 2.63 bits per heavy atom. The van der Waals surface area contributed by atoms with E-state index in [0.29, 0.717) is 11.3 Å². The number of H-pyrrole nitrogens is 1. The Labute approximate surface area is 109 Å². The first kappa shape index (κ1) is 12.8. The van der Waals surface area contributed by atoms with Crippen molar-refractivity contribution in [3.05, 3.63) is 48.0 Å². The number of rotatable bonds is 4. The van der Waals surface area contributed by atoms with Crippen molar-refractivity contribution in [3.63, 3.8) is 0 Å². The van der Waals surface area contributed by atoms with Crippen LogP contribution < -0.4 is 5.32 Å². The first-order chi connectivity index (χ1) is 9.19. The summed E-state index contributed by atoms with van der Waals surface area (Å²) in [6.07, 6.45) is 3.34. The third-order valence-corrected chi connectivity index (χ3v) is 2.50. The van der Waals surface area contributed by atoms with Crippen molar-refractivity contribution in [2.45, 2.75) is 6.42 Å². The van der Waals surface area contributed by atoms with Gasteiger partial charge in [-0.15, -0.1) is 0 Å². The van der Waals surface area contributed by atoms with Crippen LogP contribution in [0, 0.1) is 0 Å². The molecule has 0 spiro atoms. The normalized spacial score (nSPS) is 9.95. The third kappa shape index (κ3) is 3.41. The quantitative estimate of drug-likeness (QED) is 0.812. The van der Waals surface area contributed by atoms with E-state index in [9.17, 15) is 9.59 Å². The summed E-state index contributed by atoms with van der Waals surface area (Å²) in [7, 11) is 1.32. The molecule has 0 fully saturated rings. The largest absolute Gasteiger partial charge is 0.465 e. The maximum Gasteiger partial charge on any atom is 0.337 e. The number of nitrogens with one attached hydrogen (secondary N) is 2. The molecule has 2 N–H and O–H groups in total. The van der Waals surface area contributed by atoms with Crippen LogP contribution in [0.4, 0.5) is 5.69 Å². The van der Waals surface area contributed by atoms with E-state index in [0.717, 1.165) is 5.69 Å². The number of ether oxygens (including phenoxy) is 1. The van der Waals surface area contributed by atoms with Crippen LogP contribution in [-0.2, 0) is 16.0 Å². The van der Waals surface area contributed by atoms with Crippen molar-refractivity contribution in [1.82, 2.24) is 9.97 Å². The van der Waals surface area contributed by atoms with Gasteiger partial charge in [0, 0.05) is 17.6 Å². The van der Waals surface area contributed by atoms with Gasteiger partial charge in [0.1, 0.15) is 0 Å². The average Bonchev–Trinajstić information content (AvgIpc) is 2.91. The lowest BCUT2D eigenvalue weighted by Crippen LogP contribution is -2.14. The van der Waals surface area contributed by atoms with Crippen LogP contribution in [0.5, 0.6) is 0 Å². The second-order valence-electron chi connectivity index (χ2n) is 3.87. The number of imidazole rings is 1. The molecule has 1 aromatic carbocycles. The maximum absolute atomic E-state index is 11.7. The highest BCUT2D eigenvalue weighted by Crippen LogP contribution is 2.10. The minimum atomic E-state index is -0.407. The molecule has 6 nitrogen and oxygen atoms in total. The fourth-order valence-corrected chi connectivity index (χ4v) is 1.57. The van der Waals surface area contributed by atoms with Gasteiger partial charge in [-0.05, 0) is 24.3 Å². The van der Waals surface area contributed by atoms with Gasteiger partial charge < -0.3 is 15.0 Å². The van der Waals surface area contributed by atoms with E-state index in [2.05, 4.69) is 20.0 Å². The molecule has 98 valence electrons. The second-order valence-corrected chi connectivity index (χ2v) is 3.87. The number of hydrogen-bond acceptors (Lipinski definition) is 4. The van der Waals surface area contributed by atoms with E-state index < -0.39 is 5.97 Å². The lowest BCUT2D eigenvalue weighted by molar-refractivity contribution is -0.115. The van der Waals surface area contributed by atoms with E-state index in [1.54, 1.807) is 30.5 Å². The zero-order valence-electron chi connectivity index (χ0n) is 10.3. The molecular weight excluding hydrogens is 246 g/mol. The molecule has 0 aliphatic heterocycles. The highest BCUT2D eigenvalue weighted by Gasteiger charge is 2.07. The molecule has 1 heterocycles. The van der Waals surface area contributed by atoms with Crippen molar-refractivity contribution in [3.8, 4) is 0 Å². The molecule has 1 aromatic heterocycles. The van der Waals surface area contributed by atoms with Gasteiger partial charge >= 0.3 is 5.97 Å². The number of carbonyl (C=O) groups is 2. The summed E-state index contributed by atoms with van der Waals surface area (Å²) < 4.78 is 4.59. The van der Waals surface area contributed by atoms with Crippen molar-refractivity contribution >= 4 is 17.6 Å². The highest BCUT2D eigenvalue weighted by atomic mass is 16.5. The van der Waals surface area contributed by atoms with Gasteiger partial charge in [0.05, 0.1) is 25.4 Å². The number of anilines is 1. The minimum Gasteiger partial charge on any atom is -0.465 e. The first-order valence-electron chi connectivity index (χ1n) is 5.64. The molecule has 0 saturated heterocycles. The van der Waals surface area contributed by atoms with E-state index >= 15 is 0 Å². The van der Waals surface area contributed by atoms with E-state index in [4.69, 9.17) is 0 Å². The highest BCUT2D eigenvalue weighted by molar-refractivity contribution is 5.93. The van der Waals surface area contributed by atoms with Crippen LogP contribution in [0.15, 0.2) is 36.8 Å². The predicted molar refractivity (Wildman–Crippen MR) is 68.7 cm³/mol. The van der Waals surface area contributed by atoms with Crippen molar-refractivity contribution in [2.24, 2.45) is 0 Å². The molecule has 0 aliphatic carbocycles. The Morgan fingerprint density at radius 2 is 2.05 bits per heavy atom. The number of benzene rings is 1. The number of aromatic amines is 1. The van der Waals surface area contributed by atoms with Crippen LogP contribution in [0.2, 0.25) is 0 Å². The number of methoxy groups -OCH3 is 1. The summed E-state index contributed by atoms with van der Waals surface area (Å²) in [5.74, 6) is -0.564. The molecule has 0 saturated carbocycles.